The zero-order valence-electron chi connectivity index (χ0n) is 7.48. The Morgan fingerprint density at radius 2 is 2.13 bits per heavy atom. The minimum atomic E-state index is -3.10. The molecule has 4 nitrogen and oxygen atoms in total. The van der Waals surface area contributed by atoms with Crippen LogP contribution in [0.2, 0.25) is 0 Å². The molecule has 0 aromatic heterocycles. The minimum absolute atomic E-state index is 0.0284. The summed E-state index contributed by atoms with van der Waals surface area (Å²) in [6.45, 7) is -3.65. The third-order valence-corrected chi connectivity index (χ3v) is 1.71. The van der Waals surface area contributed by atoms with Crippen molar-refractivity contribution >= 4 is 5.97 Å². The molecule has 0 saturated heterocycles. The summed E-state index contributed by atoms with van der Waals surface area (Å²) in [6, 6.07) is 3.76. The van der Waals surface area contributed by atoms with Gasteiger partial charge in [-0.2, -0.15) is 8.78 Å². The van der Waals surface area contributed by atoms with Crippen LogP contribution in [0.15, 0.2) is 18.2 Å². The molecule has 0 aliphatic carbocycles. The highest BCUT2D eigenvalue weighted by Gasteiger charge is 2.18. The van der Waals surface area contributed by atoms with Crippen molar-refractivity contribution in [1.82, 2.24) is 0 Å². The Hall–Kier alpha value is -1.69. The molecule has 0 amide bonds. The van der Waals surface area contributed by atoms with Crippen LogP contribution in [0.3, 0.4) is 0 Å². The molecule has 1 rings (SSSR count). The Balaban J connectivity index is 3.19. The van der Waals surface area contributed by atoms with E-state index in [9.17, 15) is 13.6 Å². The Kier molecular flexibility index (Phi) is 3.56. The van der Waals surface area contributed by atoms with Crippen LogP contribution >= 0.6 is 0 Å². The molecule has 0 heterocycles. The smallest absolute Gasteiger partial charge is 0.387 e. The van der Waals surface area contributed by atoms with E-state index in [1.807, 2.05) is 0 Å². The van der Waals surface area contributed by atoms with Gasteiger partial charge in [0.05, 0.1) is 6.61 Å². The van der Waals surface area contributed by atoms with E-state index in [4.69, 9.17) is 10.2 Å². The van der Waals surface area contributed by atoms with Gasteiger partial charge in [0, 0.05) is 0 Å². The molecule has 0 spiro atoms. The molecular weight excluding hydrogens is 210 g/mol. The van der Waals surface area contributed by atoms with Crippen molar-refractivity contribution < 1.29 is 28.5 Å². The molecule has 2 N–H and O–H groups in total. The zero-order valence-corrected chi connectivity index (χ0v) is 7.48. The van der Waals surface area contributed by atoms with Gasteiger partial charge in [-0.3, -0.25) is 0 Å². The highest BCUT2D eigenvalue weighted by atomic mass is 19.3. The first-order chi connectivity index (χ1) is 7.06. The van der Waals surface area contributed by atoms with Crippen LogP contribution in [-0.4, -0.2) is 22.8 Å². The highest BCUT2D eigenvalue weighted by Crippen LogP contribution is 2.24. The summed E-state index contributed by atoms with van der Waals surface area (Å²) in [7, 11) is 0. The number of alkyl halides is 2. The summed E-state index contributed by atoms with van der Waals surface area (Å²) < 4.78 is 27.9. The minimum Gasteiger partial charge on any atom is -0.478 e. The van der Waals surface area contributed by atoms with Crippen LogP contribution in [0.1, 0.15) is 15.9 Å². The second kappa shape index (κ2) is 4.70. The molecule has 0 atom stereocenters. The number of ether oxygens (including phenoxy) is 1. The Morgan fingerprint density at radius 1 is 1.47 bits per heavy atom. The fourth-order valence-corrected chi connectivity index (χ4v) is 1.15. The monoisotopic (exact) mass is 218 g/mol. The maximum atomic E-state index is 11.9. The van der Waals surface area contributed by atoms with Crippen LogP contribution in [0.25, 0.3) is 0 Å². The summed E-state index contributed by atoms with van der Waals surface area (Å²) in [5.74, 6) is -1.88. The van der Waals surface area contributed by atoms with E-state index < -0.39 is 30.5 Å². The molecule has 0 aliphatic heterocycles. The lowest BCUT2D eigenvalue weighted by molar-refractivity contribution is -0.0504. The summed E-state index contributed by atoms with van der Waals surface area (Å²) in [6.07, 6.45) is 0. The Morgan fingerprint density at radius 3 is 2.60 bits per heavy atom. The summed E-state index contributed by atoms with van der Waals surface area (Å²) in [4.78, 5) is 10.7. The van der Waals surface area contributed by atoms with Crippen molar-refractivity contribution in [2.75, 3.05) is 0 Å². The molecular formula is C9H8F2O4. The van der Waals surface area contributed by atoms with Gasteiger partial charge < -0.3 is 14.9 Å². The average Bonchev–Trinajstić information content (AvgIpc) is 2.15. The first-order valence-corrected chi connectivity index (χ1v) is 3.97. The van der Waals surface area contributed by atoms with E-state index in [1.54, 1.807) is 0 Å². The molecule has 15 heavy (non-hydrogen) atoms. The number of aromatic carboxylic acids is 1. The van der Waals surface area contributed by atoms with E-state index in [0.29, 0.717) is 0 Å². The van der Waals surface area contributed by atoms with Crippen molar-refractivity contribution in [3.63, 3.8) is 0 Å². The maximum absolute atomic E-state index is 11.9. The number of hydrogen-bond acceptors (Lipinski definition) is 3. The molecule has 0 unspecified atom stereocenters. The van der Waals surface area contributed by atoms with Gasteiger partial charge in [0.1, 0.15) is 11.3 Å². The van der Waals surface area contributed by atoms with Gasteiger partial charge in [-0.05, 0) is 11.6 Å². The third-order valence-electron chi connectivity index (χ3n) is 1.71. The number of carboxylic acid groups (broad SMARTS) is 1. The van der Waals surface area contributed by atoms with E-state index in [1.165, 1.54) is 12.1 Å². The topological polar surface area (TPSA) is 66.8 Å². The van der Waals surface area contributed by atoms with Crippen LogP contribution in [0, 0.1) is 0 Å². The molecule has 0 radical (unpaired) electrons. The number of aliphatic hydroxyl groups excluding tert-OH is 1. The van der Waals surface area contributed by atoms with Gasteiger partial charge in [-0.1, -0.05) is 12.1 Å². The van der Waals surface area contributed by atoms with Crippen LogP contribution < -0.4 is 4.74 Å². The molecule has 1 aromatic carbocycles. The first-order valence-electron chi connectivity index (χ1n) is 3.97. The number of halogens is 2. The second-order valence-corrected chi connectivity index (χ2v) is 2.63. The second-order valence-electron chi connectivity index (χ2n) is 2.63. The van der Waals surface area contributed by atoms with E-state index >= 15 is 0 Å². The molecule has 0 saturated carbocycles. The van der Waals surface area contributed by atoms with Crippen molar-refractivity contribution in [3.8, 4) is 5.75 Å². The van der Waals surface area contributed by atoms with Crippen molar-refractivity contribution in [2.45, 2.75) is 13.2 Å². The fourth-order valence-electron chi connectivity index (χ4n) is 1.15. The third kappa shape index (κ3) is 2.63. The average molecular weight is 218 g/mol. The number of rotatable bonds is 4. The van der Waals surface area contributed by atoms with Crippen molar-refractivity contribution in [2.24, 2.45) is 0 Å². The van der Waals surface area contributed by atoms with E-state index in [2.05, 4.69) is 4.74 Å². The van der Waals surface area contributed by atoms with Crippen molar-refractivity contribution in [1.29, 1.82) is 0 Å². The molecule has 0 bridgehead atoms. The van der Waals surface area contributed by atoms with Gasteiger partial charge in [0.2, 0.25) is 0 Å². The lowest BCUT2D eigenvalue weighted by Gasteiger charge is -2.10. The van der Waals surface area contributed by atoms with Crippen LogP contribution in [0.4, 0.5) is 8.78 Å². The molecule has 0 aliphatic rings. The maximum Gasteiger partial charge on any atom is 0.387 e. The van der Waals surface area contributed by atoms with Crippen molar-refractivity contribution in [3.05, 3.63) is 29.3 Å². The number of carbonyl (C=O) groups is 1. The van der Waals surface area contributed by atoms with Gasteiger partial charge in [0.25, 0.3) is 0 Å². The van der Waals surface area contributed by atoms with Crippen LogP contribution in [-0.2, 0) is 6.61 Å². The predicted molar refractivity (Wildman–Crippen MR) is 46.0 cm³/mol. The quantitative estimate of drug-likeness (QED) is 0.803. The fraction of sp³-hybridized carbons (Fsp3) is 0.222. The number of aliphatic hydroxyl groups is 1. The zero-order chi connectivity index (χ0) is 11.4. The Labute approximate surface area is 83.7 Å². The Bertz CT molecular complexity index is 365. The summed E-state index contributed by atoms with van der Waals surface area (Å²) in [5.41, 5.74) is -0.416. The molecule has 6 heteroatoms. The van der Waals surface area contributed by atoms with E-state index in [0.717, 1.165) is 6.07 Å². The summed E-state index contributed by atoms with van der Waals surface area (Å²) >= 11 is 0. The number of hydrogen-bond donors (Lipinski definition) is 2. The standard InChI is InChI=1S/C9H8F2O4/c10-9(11)15-6-3-1-2-5(4-12)7(6)8(13)14/h1-3,9,12H,4H2,(H,13,14). The summed E-state index contributed by atoms with van der Waals surface area (Å²) in [5, 5.41) is 17.6. The predicted octanol–water partition coefficient (Wildman–Crippen LogP) is 1.48. The largest absolute Gasteiger partial charge is 0.478 e. The lowest BCUT2D eigenvalue weighted by atomic mass is 10.1. The SMILES string of the molecule is O=C(O)c1c(CO)cccc1OC(F)F. The highest BCUT2D eigenvalue weighted by molar-refractivity contribution is 5.92. The van der Waals surface area contributed by atoms with Gasteiger partial charge in [-0.25, -0.2) is 4.79 Å². The molecule has 1 aromatic rings. The number of carboxylic acids is 1. The lowest BCUT2D eigenvalue weighted by Crippen LogP contribution is -2.10. The molecule has 82 valence electrons. The van der Waals surface area contributed by atoms with E-state index in [-0.39, 0.29) is 5.56 Å². The number of benzene rings is 1. The van der Waals surface area contributed by atoms with Crippen LogP contribution in [0.5, 0.6) is 5.75 Å². The van der Waals surface area contributed by atoms with Gasteiger partial charge in [-0.15, -0.1) is 0 Å². The first kappa shape index (κ1) is 11.4. The normalized spacial score (nSPS) is 10.4. The van der Waals surface area contributed by atoms with Gasteiger partial charge >= 0.3 is 12.6 Å². The van der Waals surface area contributed by atoms with Gasteiger partial charge in [0.15, 0.2) is 0 Å². The molecule has 0 fully saturated rings.